The lowest BCUT2D eigenvalue weighted by Crippen LogP contribution is -2.47. The lowest BCUT2D eigenvalue weighted by Gasteiger charge is -2.38. The molecule has 1 aliphatic rings. The molecule has 0 bridgehead atoms. The fourth-order valence-corrected chi connectivity index (χ4v) is 3.83. The number of halogens is 2. The summed E-state index contributed by atoms with van der Waals surface area (Å²) >= 11 is 6.32. The molecular formula is C22H24ClFN2O4. The summed E-state index contributed by atoms with van der Waals surface area (Å²) in [5.74, 6) is -1.22. The van der Waals surface area contributed by atoms with Crippen LogP contribution in [0.4, 0.5) is 4.39 Å². The van der Waals surface area contributed by atoms with E-state index in [0.29, 0.717) is 41.4 Å². The second kappa shape index (κ2) is 10.0. The first-order valence-electron chi connectivity index (χ1n) is 9.67. The van der Waals surface area contributed by atoms with Gasteiger partial charge in [0.1, 0.15) is 5.82 Å². The summed E-state index contributed by atoms with van der Waals surface area (Å²) in [6.45, 7) is 3.84. The Morgan fingerprint density at radius 2 is 1.97 bits per heavy atom. The molecule has 1 N–H and O–H groups in total. The van der Waals surface area contributed by atoms with Crippen LogP contribution in [0.1, 0.15) is 39.2 Å². The summed E-state index contributed by atoms with van der Waals surface area (Å²) in [5.41, 5.74) is 1.10. The molecule has 2 aromatic carbocycles. The van der Waals surface area contributed by atoms with Gasteiger partial charge < -0.3 is 14.8 Å². The molecule has 6 nitrogen and oxygen atoms in total. The third-order valence-electron chi connectivity index (χ3n) is 5.07. The van der Waals surface area contributed by atoms with Crippen molar-refractivity contribution in [2.24, 2.45) is 0 Å². The smallest absolute Gasteiger partial charge is 0.337 e. The van der Waals surface area contributed by atoms with Gasteiger partial charge >= 0.3 is 5.97 Å². The lowest BCUT2D eigenvalue weighted by molar-refractivity contribution is -0.0346. The number of carbonyl (C=O) groups excluding carboxylic acids is 2. The summed E-state index contributed by atoms with van der Waals surface area (Å²) in [4.78, 5) is 26.3. The molecule has 1 heterocycles. The maximum Gasteiger partial charge on any atom is 0.337 e. The number of methoxy groups -OCH3 is 1. The number of ether oxygens (including phenoxy) is 2. The molecule has 0 saturated carbocycles. The predicted octanol–water partition coefficient (Wildman–Crippen LogP) is 3.46. The zero-order valence-electron chi connectivity index (χ0n) is 16.9. The van der Waals surface area contributed by atoms with Gasteiger partial charge in [0.25, 0.3) is 5.91 Å². The summed E-state index contributed by atoms with van der Waals surface area (Å²) in [6, 6.07) is 10.3. The van der Waals surface area contributed by atoms with Crippen LogP contribution >= 0.6 is 11.6 Å². The highest BCUT2D eigenvalue weighted by Crippen LogP contribution is 2.31. The molecule has 1 fully saturated rings. The van der Waals surface area contributed by atoms with Crippen molar-refractivity contribution in [1.82, 2.24) is 10.2 Å². The fourth-order valence-electron chi connectivity index (χ4n) is 3.54. The second-order valence-corrected chi connectivity index (χ2v) is 7.51. The quantitative estimate of drug-likeness (QED) is 0.705. The summed E-state index contributed by atoms with van der Waals surface area (Å²) in [7, 11) is 1.30. The number of carbonyl (C=O) groups is 2. The number of amides is 1. The van der Waals surface area contributed by atoms with Gasteiger partial charge in [-0.25, -0.2) is 9.18 Å². The van der Waals surface area contributed by atoms with Crippen molar-refractivity contribution in [3.8, 4) is 0 Å². The van der Waals surface area contributed by atoms with Gasteiger partial charge in [-0.05, 0) is 43.3 Å². The minimum absolute atomic E-state index is 0.00614. The Hall–Kier alpha value is -2.48. The Balaban J connectivity index is 1.78. The number of nitrogens with zero attached hydrogens (tertiary/aromatic N) is 1. The second-order valence-electron chi connectivity index (χ2n) is 7.11. The molecule has 1 amide bonds. The van der Waals surface area contributed by atoms with Crippen molar-refractivity contribution >= 4 is 23.5 Å². The summed E-state index contributed by atoms with van der Waals surface area (Å²) < 4.78 is 24.9. The Bertz CT molecular complexity index is 886. The molecule has 3 rings (SSSR count). The van der Waals surface area contributed by atoms with E-state index in [9.17, 15) is 14.0 Å². The maximum atomic E-state index is 14.7. The number of nitrogens with one attached hydrogen (secondary N) is 1. The molecule has 0 aromatic heterocycles. The van der Waals surface area contributed by atoms with Crippen molar-refractivity contribution < 1.29 is 23.5 Å². The summed E-state index contributed by atoms with van der Waals surface area (Å²) in [6.07, 6.45) is -0.00614. The van der Waals surface area contributed by atoms with E-state index in [1.807, 2.05) is 6.92 Å². The lowest BCUT2D eigenvalue weighted by atomic mass is 10.0. The van der Waals surface area contributed by atoms with Crippen LogP contribution in [0.2, 0.25) is 5.02 Å². The fraction of sp³-hybridized carbons (Fsp3) is 0.364. The molecule has 2 atom stereocenters. The van der Waals surface area contributed by atoms with Crippen LogP contribution in [0.5, 0.6) is 0 Å². The maximum absolute atomic E-state index is 14.7. The molecule has 160 valence electrons. The van der Waals surface area contributed by atoms with E-state index in [0.717, 1.165) is 0 Å². The molecule has 0 spiro atoms. The standard InChI is InChI=1S/C22H24ClFN2O4/c1-14-13-26(10-11-30-14)19(20-17(23)4-3-5-18(20)24)12-25-21(27)15-6-8-16(9-7-15)22(28)29-2/h3-9,14,19H,10-13H2,1-2H3,(H,25,27). The first-order valence-corrected chi connectivity index (χ1v) is 10.0. The molecule has 1 aliphatic heterocycles. The highest BCUT2D eigenvalue weighted by atomic mass is 35.5. The minimum Gasteiger partial charge on any atom is -0.465 e. The zero-order valence-corrected chi connectivity index (χ0v) is 17.6. The van der Waals surface area contributed by atoms with Gasteiger partial charge in [0.05, 0.1) is 31.4 Å². The largest absolute Gasteiger partial charge is 0.465 e. The van der Waals surface area contributed by atoms with E-state index < -0.39 is 17.8 Å². The minimum atomic E-state index is -0.474. The third-order valence-corrected chi connectivity index (χ3v) is 5.40. The predicted molar refractivity (Wildman–Crippen MR) is 111 cm³/mol. The number of esters is 1. The van der Waals surface area contributed by atoms with E-state index >= 15 is 0 Å². The van der Waals surface area contributed by atoms with Crippen molar-refractivity contribution in [2.75, 3.05) is 33.4 Å². The van der Waals surface area contributed by atoms with Gasteiger partial charge in [0.2, 0.25) is 0 Å². The van der Waals surface area contributed by atoms with Gasteiger partial charge in [0, 0.05) is 35.8 Å². The van der Waals surface area contributed by atoms with Crippen LogP contribution in [0.3, 0.4) is 0 Å². The number of morpholine rings is 1. The first-order chi connectivity index (χ1) is 14.4. The average Bonchev–Trinajstić information content (AvgIpc) is 2.75. The van der Waals surface area contributed by atoms with E-state index in [-0.39, 0.29) is 18.6 Å². The Morgan fingerprint density at radius 1 is 1.27 bits per heavy atom. The van der Waals surface area contributed by atoms with Crippen LogP contribution in [0, 0.1) is 5.82 Å². The number of rotatable bonds is 6. The SMILES string of the molecule is COC(=O)c1ccc(C(=O)NCC(c2c(F)cccc2Cl)N2CCOC(C)C2)cc1. The van der Waals surface area contributed by atoms with Gasteiger partial charge in [-0.2, -0.15) is 0 Å². The third kappa shape index (κ3) is 5.16. The zero-order chi connectivity index (χ0) is 21.7. The van der Waals surface area contributed by atoms with Gasteiger partial charge in [-0.15, -0.1) is 0 Å². The monoisotopic (exact) mass is 434 g/mol. The van der Waals surface area contributed by atoms with Crippen molar-refractivity contribution in [2.45, 2.75) is 19.1 Å². The van der Waals surface area contributed by atoms with E-state index in [2.05, 4.69) is 15.0 Å². The molecule has 0 radical (unpaired) electrons. The number of hydrogen-bond acceptors (Lipinski definition) is 5. The van der Waals surface area contributed by atoms with E-state index in [1.165, 1.54) is 25.3 Å². The van der Waals surface area contributed by atoms with Gasteiger partial charge in [0.15, 0.2) is 0 Å². The first kappa shape index (κ1) is 22.2. The average molecular weight is 435 g/mol. The Morgan fingerprint density at radius 3 is 2.60 bits per heavy atom. The van der Waals surface area contributed by atoms with Crippen LogP contribution in [0.15, 0.2) is 42.5 Å². The molecule has 2 aromatic rings. The molecule has 8 heteroatoms. The van der Waals surface area contributed by atoms with Crippen molar-refractivity contribution in [3.63, 3.8) is 0 Å². The Kier molecular flexibility index (Phi) is 7.42. The molecule has 2 unspecified atom stereocenters. The molecular weight excluding hydrogens is 411 g/mol. The van der Waals surface area contributed by atoms with Crippen LogP contribution < -0.4 is 5.32 Å². The Labute approximate surface area is 179 Å². The van der Waals surface area contributed by atoms with Gasteiger partial charge in [-0.3, -0.25) is 9.69 Å². The van der Waals surface area contributed by atoms with E-state index in [1.54, 1.807) is 24.3 Å². The van der Waals surface area contributed by atoms with Crippen LogP contribution in [0.25, 0.3) is 0 Å². The molecule has 1 saturated heterocycles. The normalized spacial score (nSPS) is 17.9. The molecule has 30 heavy (non-hydrogen) atoms. The highest BCUT2D eigenvalue weighted by Gasteiger charge is 2.29. The molecule has 0 aliphatic carbocycles. The number of benzene rings is 2. The van der Waals surface area contributed by atoms with Crippen molar-refractivity contribution in [3.05, 3.63) is 70.0 Å². The van der Waals surface area contributed by atoms with Crippen LogP contribution in [-0.4, -0.2) is 56.2 Å². The van der Waals surface area contributed by atoms with E-state index in [4.69, 9.17) is 16.3 Å². The number of hydrogen-bond donors (Lipinski definition) is 1. The van der Waals surface area contributed by atoms with Crippen LogP contribution in [-0.2, 0) is 9.47 Å². The van der Waals surface area contributed by atoms with Gasteiger partial charge in [-0.1, -0.05) is 17.7 Å². The highest BCUT2D eigenvalue weighted by molar-refractivity contribution is 6.31. The summed E-state index contributed by atoms with van der Waals surface area (Å²) in [5, 5.41) is 3.18. The topological polar surface area (TPSA) is 67.9 Å². The van der Waals surface area contributed by atoms with Crippen molar-refractivity contribution in [1.29, 1.82) is 0 Å².